The standard InChI is InChI=1S/C30H40N4O8/c1-28(2,3)42-32-18(10-11-33(4)5)15-8-9-19(35)21-16(15)12-14-13-17-23(34(6)7)25(37)22(27(31)39)30(40)29(17,41-30)26(38)20(14)24(21)36/h8-9,14,17,23,35,37-38,40H,10-13H2,1-7H3,(H2,31,39)/b32-18+/t14-,17-,23-,29-,30?/m0/s1. The zero-order chi connectivity index (χ0) is 31.1. The molecule has 0 saturated carbocycles. The van der Waals surface area contributed by atoms with Crippen molar-refractivity contribution in [3.05, 3.63) is 51.5 Å². The summed E-state index contributed by atoms with van der Waals surface area (Å²) in [5.74, 6) is -6.55. The average Bonchev–Trinajstić information content (AvgIpc) is 3.49. The van der Waals surface area contributed by atoms with Crippen LogP contribution in [0.25, 0.3) is 0 Å². The highest BCUT2D eigenvalue weighted by molar-refractivity contribution is 6.16. The molecule has 1 saturated heterocycles. The number of phenols is 1. The van der Waals surface area contributed by atoms with E-state index in [2.05, 4.69) is 5.16 Å². The molecule has 5 rings (SSSR count). The van der Waals surface area contributed by atoms with Crippen molar-refractivity contribution in [3.63, 3.8) is 0 Å². The second kappa shape index (κ2) is 9.80. The van der Waals surface area contributed by atoms with Crippen molar-refractivity contribution in [1.29, 1.82) is 0 Å². The maximum Gasteiger partial charge on any atom is 0.253 e. The highest BCUT2D eigenvalue weighted by Crippen LogP contribution is 2.68. The van der Waals surface area contributed by atoms with Crippen LogP contribution in [-0.4, -0.2) is 105 Å². The number of ether oxygens (including phenoxy) is 1. The van der Waals surface area contributed by atoms with Crippen LogP contribution in [0.5, 0.6) is 5.75 Å². The molecular formula is C30H40N4O8. The molecule has 12 nitrogen and oxygen atoms in total. The monoisotopic (exact) mass is 584 g/mol. The van der Waals surface area contributed by atoms with Crippen LogP contribution in [0.3, 0.4) is 0 Å². The molecule has 1 heterocycles. The summed E-state index contributed by atoms with van der Waals surface area (Å²) in [4.78, 5) is 35.9. The third kappa shape index (κ3) is 4.31. The molecule has 1 spiro atoms. The van der Waals surface area contributed by atoms with Crippen molar-refractivity contribution in [1.82, 2.24) is 9.80 Å². The number of amides is 1. The predicted molar refractivity (Wildman–Crippen MR) is 153 cm³/mol. The first-order chi connectivity index (χ1) is 19.5. The Labute approximate surface area is 244 Å². The number of likely N-dealkylation sites (N-methyl/N-ethyl adjacent to an activating group) is 1. The number of rotatable bonds is 7. The molecule has 0 bridgehead atoms. The van der Waals surface area contributed by atoms with Gasteiger partial charge in [0.15, 0.2) is 11.4 Å². The number of fused-ring (bicyclic) bond motifs is 2. The number of primary amides is 1. The molecule has 228 valence electrons. The van der Waals surface area contributed by atoms with Gasteiger partial charge in [-0.3, -0.25) is 14.5 Å². The SMILES string of the molecule is CN(C)CC/C(=N\OC(C)(C)C)c1ccc(O)c2c1C[C@H]1C[C@H]3[C@H](N(C)C)C(O)=C(C(N)=O)C4(O)O[C@]34C(O)=C1C2=O. The number of nitrogens with two attached hydrogens (primary N) is 1. The number of aliphatic hydroxyl groups is 3. The van der Waals surface area contributed by atoms with E-state index in [0.29, 0.717) is 29.8 Å². The number of phenolic OH excluding ortho intramolecular Hbond substituents is 1. The van der Waals surface area contributed by atoms with E-state index in [1.807, 2.05) is 39.8 Å². The summed E-state index contributed by atoms with van der Waals surface area (Å²) in [5.41, 5.74) is 4.47. The lowest BCUT2D eigenvalue weighted by atomic mass is 9.60. The molecule has 6 N–H and O–H groups in total. The normalized spacial score (nSPS) is 30.7. The van der Waals surface area contributed by atoms with Crippen LogP contribution in [0.4, 0.5) is 0 Å². The number of hydrogen-bond acceptors (Lipinski definition) is 11. The second-order valence-electron chi connectivity index (χ2n) is 13.1. The van der Waals surface area contributed by atoms with E-state index < -0.39 is 63.6 Å². The fraction of sp³-hybridized carbons (Fsp3) is 0.567. The van der Waals surface area contributed by atoms with Crippen LogP contribution in [0.2, 0.25) is 0 Å². The quantitative estimate of drug-likeness (QED) is 0.180. The number of epoxide rings is 1. The molecular weight excluding hydrogens is 544 g/mol. The molecule has 1 fully saturated rings. The topological polar surface area (TPSA) is 182 Å². The summed E-state index contributed by atoms with van der Waals surface area (Å²) >= 11 is 0. The van der Waals surface area contributed by atoms with E-state index in [1.165, 1.54) is 6.07 Å². The lowest BCUT2D eigenvalue weighted by Gasteiger charge is -2.46. The molecule has 1 aromatic carbocycles. The minimum absolute atomic E-state index is 0.00237. The van der Waals surface area contributed by atoms with Gasteiger partial charge in [0.1, 0.15) is 28.4 Å². The molecule has 1 aromatic rings. The number of benzene rings is 1. The van der Waals surface area contributed by atoms with Gasteiger partial charge in [0.05, 0.1) is 17.3 Å². The van der Waals surface area contributed by atoms with Gasteiger partial charge < -0.3 is 40.6 Å². The Bertz CT molecular complexity index is 1460. The van der Waals surface area contributed by atoms with Crippen molar-refractivity contribution >= 4 is 17.4 Å². The lowest BCUT2D eigenvalue weighted by molar-refractivity contribution is -0.117. The summed E-state index contributed by atoms with van der Waals surface area (Å²) in [6.45, 7) is 6.30. The van der Waals surface area contributed by atoms with E-state index in [4.69, 9.17) is 15.3 Å². The predicted octanol–water partition coefficient (Wildman–Crippen LogP) is 1.75. The maximum absolute atomic E-state index is 14.1. The fourth-order valence-corrected chi connectivity index (χ4v) is 6.88. The zero-order valence-corrected chi connectivity index (χ0v) is 25.1. The highest BCUT2D eigenvalue weighted by atomic mass is 16.8. The van der Waals surface area contributed by atoms with Gasteiger partial charge in [0.25, 0.3) is 5.91 Å². The Morgan fingerprint density at radius 1 is 1.19 bits per heavy atom. The Balaban J connectivity index is 1.66. The van der Waals surface area contributed by atoms with E-state index in [1.54, 1.807) is 25.1 Å². The number of Topliss-reactive ketones (excluding diaryl/α,β-unsaturated/α-hetero) is 1. The minimum Gasteiger partial charge on any atom is -0.510 e. The first-order valence-electron chi connectivity index (χ1n) is 14.0. The van der Waals surface area contributed by atoms with Crippen LogP contribution in [0.15, 0.2) is 40.0 Å². The summed E-state index contributed by atoms with van der Waals surface area (Å²) in [6, 6.07) is 2.31. The lowest BCUT2D eigenvalue weighted by Crippen LogP contribution is -2.57. The van der Waals surface area contributed by atoms with Gasteiger partial charge in [-0.25, -0.2) is 0 Å². The number of carbonyl (C=O) groups excluding carboxylic acids is 2. The van der Waals surface area contributed by atoms with Gasteiger partial charge in [-0.15, -0.1) is 0 Å². The van der Waals surface area contributed by atoms with Crippen molar-refractivity contribution in [2.45, 2.75) is 63.1 Å². The molecule has 4 aliphatic rings. The molecule has 42 heavy (non-hydrogen) atoms. The van der Waals surface area contributed by atoms with Crippen LogP contribution in [0.1, 0.15) is 55.1 Å². The molecule has 1 aliphatic heterocycles. The number of carbonyl (C=O) groups is 2. The van der Waals surface area contributed by atoms with E-state index in [0.717, 1.165) is 0 Å². The molecule has 5 atom stereocenters. The van der Waals surface area contributed by atoms with Crippen LogP contribution < -0.4 is 5.73 Å². The summed E-state index contributed by atoms with van der Waals surface area (Å²) < 4.78 is 5.74. The first kappa shape index (κ1) is 30.0. The molecule has 1 amide bonds. The smallest absolute Gasteiger partial charge is 0.253 e. The summed E-state index contributed by atoms with van der Waals surface area (Å²) in [6.07, 6.45) is 1.000. The number of oxime groups is 1. The van der Waals surface area contributed by atoms with E-state index in [-0.39, 0.29) is 29.7 Å². The van der Waals surface area contributed by atoms with Crippen molar-refractivity contribution in [2.24, 2.45) is 22.7 Å². The number of aliphatic hydroxyl groups excluding tert-OH is 2. The summed E-state index contributed by atoms with van der Waals surface area (Å²) in [5, 5.41) is 49.6. The largest absolute Gasteiger partial charge is 0.510 e. The Morgan fingerprint density at radius 3 is 2.43 bits per heavy atom. The van der Waals surface area contributed by atoms with Crippen molar-refractivity contribution in [2.75, 3.05) is 34.7 Å². The number of ketones is 1. The highest BCUT2D eigenvalue weighted by Gasteiger charge is 2.84. The molecule has 0 aromatic heterocycles. The third-order valence-electron chi connectivity index (χ3n) is 8.65. The first-order valence-corrected chi connectivity index (χ1v) is 14.0. The van der Waals surface area contributed by atoms with Crippen LogP contribution in [-0.2, 0) is 20.8 Å². The maximum atomic E-state index is 14.1. The van der Waals surface area contributed by atoms with Gasteiger partial charge in [-0.1, -0.05) is 5.16 Å². The average molecular weight is 585 g/mol. The van der Waals surface area contributed by atoms with Crippen LogP contribution >= 0.6 is 0 Å². The number of nitrogens with zero attached hydrogens (tertiary/aromatic N) is 3. The molecule has 3 aliphatic carbocycles. The fourth-order valence-electron chi connectivity index (χ4n) is 6.88. The number of allylic oxidation sites excluding steroid dienone is 1. The van der Waals surface area contributed by atoms with Gasteiger partial charge >= 0.3 is 0 Å². The Morgan fingerprint density at radius 2 is 1.86 bits per heavy atom. The number of hydrogen-bond donors (Lipinski definition) is 5. The van der Waals surface area contributed by atoms with Gasteiger partial charge in [0, 0.05) is 30.0 Å². The Hall–Kier alpha value is -3.45. The van der Waals surface area contributed by atoms with Gasteiger partial charge in [0.2, 0.25) is 5.79 Å². The van der Waals surface area contributed by atoms with Crippen LogP contribution in [0, 0.1) is 11.8 Å². The third-order valence-corrected chi connectivity index (χ3v) is 8.65. The second-order valence-corrected chi connectivity index (χ2v) is 13.1. The van der Waals surface area contributed by atoms with Gasteiger partial charge in [-0.05, 0) is 85.4 Å². The van der Waals surface area contributed by atoms with E-state index >= 15 is 0 Å². The Kier molecular flexibility index (Phi) is 7.00. The molecule has 0 radical (unpaired) electrons. The van der Waals surface area contributed by atoms with Gasteiger partial charge in [-0.2, -0.15) is 0 Å². The van der Waals surface area contributed by atoms with Crippen molar-refractivity contribution < 1.29 is 39.6 Å². The zero-order valence-electron chi connectivity index (χ0n) is 25.1. The summed E-state index contributed by atoms with van der Waals surface area (Å²) in [7, 11) is 7.26. The van der Waals surface area contributed by atoms with Crippen molar-refractivity contribution in [3.8, 4) is 5.75 Å². The molecule has 12 heteroatoms. The molecule has 1 unspecified atom stereocenters. The minimum atomic E-state index is -2.39. The number of aromatic hydroxyl groups is 1. The van der Waals surface area contributed by atoms with E-state index in [9.17, 15) is 30.0 Å².